The van der Waals surface area contributed by atoms with Crippen LogP contribution < -0.4 is 5.32 Å². The molecule has 5 heteroatoms. The number of aromatic amines is 1. The van der Waals surface area contributed by atoms with Crippen molar-refractivity contribution in [1.29, 1.82) is 0 Å². The van der Waals surface area contributed by atoms with Crippen molar-refractivity contribution in [3.05, 3.63) is 34.0 Å². The molecule has 17 heavy (non-hydrogen) atoms. The number of hydrogen-bond acceptors (Lipinski definition) is 4. The zero-order chi connectivity index (χ0) is 12.3. The Morgan fingerprint density at radius 3 is 2.82 bits per heavy atom. The summed E-state index contributed by atoms with van der Waals surface area (Å²) in [7, 11) is 0. The standard InChI is InChI=1S/C12H18N4S/c1-12(2,3)11-9(7-15-16-11)6-13-8-10-14-4-5-17-10/h4-5,7,13H,6,8H2,1-3H3,(H,15,16). The summed E-state index contributed by atoms with van der Waals surface area (Å²) in [5.41, 5.74) is 2.53. The van der Waals surface area contributed by atoms with Gasteiger partial charge in [-0.25, -0.2) is 4.98 Å². The molecule has 0 aliphatic heterocycles. The molecule has 0 saturated carbocycles. The molecule has 0 radical (unpaired) electrons. The van der Waals surface area contributed by atoms with E-state index >= 15 is 0 Å². The molecular formula is C12H18N4S. The molecule has 2 aromatic rings. The summed E-state index contributed by atoms with van der Waals surface area (Å²) in [5.74, 6) is 0. The van der Waals surface area contributed by atoms with Crippen LogP contribution in [0.5, 0.6) is 0 Å². The molecule has 2 rings (SSSR count). The zero-order valence-corrected chi connectivity index (χ0v) is 11.3. The number of nitrogens with zero attached hydrogens (tertiary/aromatic N) is 2. The largest absolute Gasteiger partial charge is 0.306 e. The topological polar surface area (TPSA) is 53.6 Å². The zero-order valence-electron chi connectivity index (χ0n) is 10.4. The average molecular weight is 250 g/mol. The molecule has 0 atom stereocenters. The van der Waals surface area contributed by atoms with Crippen LogP contribution in [0, 0.1) is 0 Å². The maximum atomic E-state index is 4.24. The van der Waals surface area contributed by atoms with E-state index in [4.69, 9.17) is 0 Å². The molecule has 0 saturated heterocycles. The number of rotatable bonds is 4. The van der Waals surface area contributed by atoms with E-state index in [1.54, 1.807) is 11.3 Å². The fourth-order valence-electron chi connectivity index (χ4n) is 1.74. The fraction of sp³-hybridized carbons (Fsp3) is 0.500. The van der Waals surface area contributed by atoms with Gasteiger partial charge in [-0.3, -0.25) is 5.10 Å². The number of aromatic nitrogens is 3. The summed E-state index contributed by atoms with van der Waals surface area (Å²) in [6.07, 6.45) is 3.73. The first-order chi connectivity index (χ1) is 8.07. The Morgan fingerprint density at radius 2 is 2.18 bits per heavy atom. The molecule has 92 valence electrons. The van der Waals surface area contributed by atoms with Crippen LogP contribution in [-0.4, -0.2) is 15.2 Å². The van der Waals surface area contributed by atoms with Crippen LogP contribution in [0.15, 0.2) is 17.8 Å². The van der Waals surface area contributed by atoms with Gasteiger partial charge in [0.05, 0.1) is 6.20 Å². The number of hydrogen-bond donors (Lipinski definition) is 2. The summed E-state index contributed by atoms with van der Waals surface area (Å²) >= 11 is 1.67. The lowest BCUT2D eigenvalue weighted by atomic mass is 9.89. The van der Waals surface area contributed by atoms with E-state index in [1.165, 1.54) is 11.3 Å². The van der Waals surface area contributed by atoms with E-state index in [-0.39, 0.29) is 5.41 Å². The Balaban J connectivity index is 1.93. The molecule has 0 bridgehead atoms. The van der Waals surface area contributed by atoms with Crippen molar-refractivity contribution < 1.29 is 0 Å². The molecule has 4 nitrogen and oxygen atoms in total. The van der Waals surface area contributed by atoms with Gasteiger partial charge < -0.3 is 5.32 Å². The lowest BCUT2D eigenvalue weighted by molar-refractivity contribution is 0.553. The van der Waals surface area contributed by atoms with Gasteiger partial charge in [0.25, 0.3) is 0 Å². The molecule has 0 fully saturated rings. The molecule has 0 amide bonds. The molecule has 2 heterocycles. The first kappa shape index (κ1) is 12.3. The van der Waals surface area contributed by atoms with E-state index < -0.39 is 0 Å². The summed E-state index contributed by atoms with van der Waals surface area (Å²) in [6, 6.07) is 0. The Morgan fingerprint density at radius 1 is 1.35 bits per heavy atom. The van der Waals surface area contributed by atoms with Gasteiger partial charge >= 0.3 is 0 Å². The van der Waals surface area contributed by atoms with Crippen LogP contribution in [0.4, 0.5) is 0 Å². The number of thiazole rings is 1. The second-order valence-corrected chi connectivity index (χ2v) is 6.03. The van der Waals surface area contributed by atoms with Gasteiger partial charge in [0.15, 0.2) is 0 Å². The van der Waals surface area contributed by atoms with E-state index in [2.05, 4.69) is 41.3 Å². The summed E-state index contributed by atoms with van der Waals surface area (Å²) in [4.78, 5) is 4.24. The third-order valence-corrected chi connectivity index (χ3v) is 3.32. The monoisotopic (exact) mass is 250 g/mol. The normalized spacial score (nSPS) is 11.9. The number of H-pyrrole nitrogens is 1. The predicted molar refractivity (Wildman–Crippen MR) is 69.9 cm³/mol. The van der Waals surface area contributed by atoms with E-state index in [9.17, 15) is 0 Å². The van der Waals surface area contributed by atoms with Crippen LogP contribution in [0.2, 0.25) is 0 Å². The van der Waals surface area contributed by atoms with Crippen LogP contribution in [0.3, 0.4) is 0 Å². The Kier molecular flexibility index (Phi) is 3.59. The Bertz CT molecular complexity index is 453. The highest BCUT2D eigenvalue weighted by atomic mass is 32.1. The second-order valence-electron chi connectivity index (χ2n) is 5.05. The highest BCUT2D eigenvalue weighted by Crippen LogP contribution is 2.23. The van der Waals surface area contributed by atoms with Gasteiger partial charge in [-0.1, -0.05) is 20.8 Å². The quantitative estimate of drug-likeness (QED) is 0.876. The minimum atomic E-state index is 0.106. The van der Waals surface area contributed by atoms with Crippen molar-refractivity contribution in [1.82, 2.24) is 20.5 Å². The van der Waals surface area contributed by atoms with E-state index in [0.29, 0.717) is 0 Å². The van der Waals surface area contributed by atoms with Crippen molar-refractivity contribution in [2.45, 2.75) is 39.3 Å². The van der Waals surface area contributed by atoms with Crippen LogP contribution in [0.25, 0.3) is 0 Å². The van der Waals surface area contributed by atoms with Gasteiger partial charge in [-0.05, 0) is 0 Å². The van der Waals surface area contributed by atoms with Crippen LogP contribution >= 0.6 is 11.3 Å². The van der Waals surface area contributed by atoms with Crippen LogP contribution in [-0.2, 0) is 18.5 Å². The fourth-order valence-corrected chi connectivity index (χ4v) is 2.32. The highest BCUT2D eigenvalue weighted by molar-refractivity contribution is 7.09. The Hall–Kier alpha value is -1.20. The summed E-state index contributed by atoms with van der Waals surface area (Å²) in [6.45, 7) is 8.19. The third kappa shape index (κ3) is 3.14. The molecule has 0 spiro atoms. The van der Waals surface area contributed by atoms with Crippen molar-refractivity contribution in [3.8, 4) is 0 Å². The van der Waals surface area contributed by atoms with Gasteiger partial charge in [0.2, 0.25) is 0 Å². The van der Waals surface area contributed by atoms with Gasteiger partial charge in [0, 0.05) is 41.3 Å². The van der Waals surface area contributed by atoms with Gasteiger partial charge in [-0.15, -0.1) is 11.3 Å². The molecule has 0 aliphatic carbocycles. The smallest absolute Gasteiger partial charge is 0.106 e. The molecule has 0 unspecified atom stereocenters. The molecular weight excluding hydrogens is 232 g/mol. The lowest BCUT2D eigenvalue weighted by Crippen LogP contribution is -2.18. The average Bonchev–Trinajstić information content (AvgIpc) is 2.86. The first-order valence-electron chi connectivity index (χ1n) is 5.69. The summed E-state index contributed by atoms with van der Waals surface area (Å²) in [5, 5.41) is 13.7. The number of nitrogens with one attached hydrogen (secondary N) is 2. The third-order valence-electron chi connectivity index (χ3n) is 2.54. The second kappa shape index (κ2) is 4.98. The van der Waals surface area contributed by atoms with Gasteiger partial charge in [0.1, 0.15) is 5.01 Å². The maximum absolute atomic E-state index is 4.24. The highest BCUT2D eigenvalue weighted by Gasteiger charge is 2.19. The maximum Gasteiger partial charge on any atom is 0.106 e. The van der Waals surface area contributed by atoms with Crippen LogP contribution in [0.1, 0.15) is 37.0 Å². The first-order valence-corrected chi connectivity index (χ1v) is 6.57. The van der Waals surface area contributed by atoms with Crippen molar-refractivity contribution >= 4 is 11.3 Å². The van der Waals surface area contributed by atoms with E-state index in [1.807, 2.05) is 17.8 Å². The van der Waals surface area contributed by atoms with E-state index in [0.717, 1.165) is 18.1 Å². The molecule has 0 aromatic carbocycles. The minimum absolute atomic E-state index is 0.106. The SMILES string of the molecule is CC(C)(C)c1[nH]ncc1CNCc1nccs1. The summed E-state index contributed by atoms with van der Waals surface area (Å²) < 4.78 is 0. The Labute approximate surface area is 105 Å². The van der Waals surface area contributed by atoms with Crippen molar-refractivity contribution in [2.75, 3.05) is 0 Å². The minimum Gasteiger partial charge on any atom is -0.306 e. The predicted octanol–water partition coefficient (Wildman–Crippen LogP) is 2.45. The van der Waals surface area contributed by atoms with Crippen molar-refractivity contribution in [2.24, 2.45) is 0 Å². The van der Waals surface area contributed by atoms with Gasteiger partial charge in [-0.2, -0.15) is 5.10 Å². The van der Waals surface area contributed by atoms with Crippen molar-refractivity contribution in [3.63, 3.8) is 0 Å². The lowest BCUT2D eigenvalue weighted by Gasteiger charge is -2.18. The molecule has 0 aliphatic rings. The molecule has 2 N–H and O–H groups in total. The molecule has 2 aromatic heterocycles.